The maximum Gasteiger partial charge on any atom is 0.340 e. The van der Waals surface area contributed by atoms with Crippen LogP contribution in [0.3, 0.4) is 0 Å². The predicted octanol–water partition coefficient (Wildman–Crippen LogP) is 4.21. The lowest BCUT2D eigenvalue weighted by molar-refractivity contribution is 0.0315. The number of ether oxygens (including phenoxy) is 1. The van der Waals surface area contributed by atoms with E-state index in [2.05, 4.69) is 20.8 Å². The van der Waals surface area contributed by atoms with Crippen molar-refractivity contribution in [2.45, 2.75) is 51.0 Å². The number of carbonyl (C=O) groups excluding carboxylic acids is 2. The Bertz CT molecular complexity index is 967. The van der Waals surface area contributed by atoms with E-state index < -0.39 is 21.9 Å². The first-order valence-corrected chi connectivity index (χ1v) is 10.8. The van der Waals surface area contributed by atoms with Crippen LogP contribution in [0.2, 0.25) is 0 Å². The molecule has 0 unspecified atom stereocenters. The lowest BCUT2D eigenvalue weighted by Crippen LogP contribution is -2.25. The summed E-state index contributed by atoms with van der Waals surface area (Å²) >= 11 is 0. The van der Waals surface area contributed by atoms with Gasteiger partial charge in [0.2, 0.25) is 5.78 Å². The zero-order valence-corrected chi connectivity index (χ0v) is 17.7. The van der Waals surface area contributed by atoms with Gasteiger partial charge in [-0.3, -0.25) is 4.79 Å². The van der Waals surface area contributed by atoms with Crippen molar-refractivity contribution >= 4 is 21.6 Å². The highest BCUT2D eigenvalue weighted by Gasteiger charge is 2.25. The van der Waals surface area contributed by atoms with E-state index in [1.165, 1.54) is 26.0 Å². The Morgan fingerprint density at radius 3 is 2.11 bits per heavy atom. The molecule has 2 rings (SSSR count). The second-order valence-electron chi connectivity index (χ2n) is 7.64. The average Bonchev–Trinajstić information content (AvgIpc) is 2.66. The molecule has 0 saturated carbocycles. The molecule has 2 aromatic rings. The number of ketones is 1. The molecule has 2 aromatic carbocycles. The van der Waals surface area contributed by atoms with Crippen LogP contribution in [-0.4, -0.2) is 32.0 Å². The van der Waals surface area contributed by atoms with Crippen molar-refractivity contribution in [3.05, 3.63) is 65.2 Å². The van der Waals surface area contributed by atoms with Gasteiger partial charge in [-0.15, -0.1) is 0 Å². The number of esters is 1. The number of hydrogen-bond acceptors (Lipinski definition) is 5. The summed E-state index contributed by atoms with van der Waals surface area (Å²) in [7, 11) is -3.59. The summed E-state index contributed by atoms with van der Waals surface area (Å²) in [5.41, 5.74) is 1.43. The fourth-order valence-electron chi connectivity index (χ4n) is 2.71. The summed E-state index contributed by atoms with van der Waals surface area (Å²) in [6.45, 7) is 9.22. The predicted molar refractivity (Wildman–Crippen MR) is 109 cm³/mol. The number of sulfone groups is 1. The Hall–Kier alpha value is -2.47. The van der Waals surface area contributed by atoms with Gasteiger partial charge in [0.05, 0.1) is 16.2 Å². The van der Waals surface area contributed by atoms with Gasteiger partial charge >= 0.3 is 5.97 Å². The van der Waals surface area contributed by atoms with Gasteiger partial charge in [0.15, 0.2) is 15.9 Å². The summed E-state index contributed by atoms with van der Waals surface area (Å²) < 4.78 is 29.7. The van der Waals surface area contributed by atoms with Crippen LogP contribution >= 0.6 is 0 Å². The largest absolute Gasteiger partial charge is 0.451 e. The van der Waals surface area contributed by atoms with Crippen molar-refractivity contribution < 1.29 is 22.7 Å². The molecule has 6 heteroatoms. The van der Waals surface area contributed by atoms with Gasteiger partial charge in [0, 0.05) is 5.56 Å². The molecule has 0 spiro atoms. The van der Waals surface area contributed by atoms with E-state index in [0.717, 1.165) is 5.56 Å². The molecule has 150 valence electrons. The quantitative estimate of drug-likeness (QED) is 0.534. The Labute approximate surface area is 166 Å². The summed E-state index contributed by atoms with van der Waals surface area (Å²) in [5.74, 6) is -1.31. The van der Waals surface area contributed by atoms with E-state index in [1.54, 1.807) is 24.3 Å². The summed E-state index contributed by atoms with van der Waals surface area (Å²) in [5, 5.41) is 0. The van der Waals surface area contributed by atoms with Crippen LogP contribution in [0.4, 0.5) is 0 Å². The van der Waals surface area contributed by atoms with Gasteiger partial charge < -0.3 is 4.74 Å². The zero-order chi connectivity index (χ0) is 21.1. The van der Waals surface area contributed by atoms with Gasteiger partial charge in [-0.25, -0.2) is 13.2 Å². The van der Waals surface area contributed by atoms with Gasteiger partial charge in [-0.05, 0) is 30.0 Å². The number of carbonyl (C=O) groups is 2. The maximum absolute atomic E-state index is 12.6. The van der Waals surface area contributed by atoms with E-state index in [1.807, 2.05) is 12.1 Å². The van der Waals surface area contributed by atoms with E-state index >= 15 is 0 Å². The fraction of sp³-hybridized carbons (Fsp3) is 0.364. The molecule has 0 aliphatic carbocycles. The van der Waals surface area contributed by atoms with E-state index in [0.29, 0.717) is 5.56 Å². The molecule has 0 fully saturated rings. The third-order valence-corrected chi connectivity index (χ3v) is 6.30. The molecular formula is C22H26O5S. The lowest BCUT2D eigenvalue weighted by Gasteiger charge is -2.19. The molecule has 5 nitrogen and oxygen atoms in total. The van der Waals surface area contributed by atoms with Crippen LogP contribution in [0.5, 0.6) is 0 Å². The number of hydrogen-bond donors (Lipinski definition) is 0. The van der Waals surface area contributed by atoms with Crippen molar-refractivity contribution in [3.8, 4) is 0 Å². The second kappa shape index (κ2) is 8.27. The standard InChI is InChI=1S/C22H26O5S/c1-6-28(25,26)19-10-8-7-9-18(19)21(24)27-15(2)20(23)16-11-13-17(14-12-16)22(3,4)5/h7-15H,6H2,1-5H3/t15-/m0/s1. The van der Waals surface area contributed by atoms with Crippen LogP contribution in [0, 0.1) is 0 Å². The Balaban J connectivity index is 2.20. The maximum atomic E-state index is 12.6. The molecule has 0 aliphatic rings. The third-order valence-electron chi connectivity index (χ3n) is 4.51. The number of Topliss-reactive ketones (excluding diaryl/α,β-unsaturated/α-hetero) is 1. The van der Waals surface area contributed by atoms with Gasteiger partial charge in [0.1, 0.15) is 0 Å². The molecular weight excluding hydrogens is 376 g/mol. The minimum Gasteiger partial charge on any atom is -0.451 e. The Kier molecular flexibility index (Phi) is 6.44. The molecule has 1 atom stereocenters. The van der Waals surface area contributed by atoms with Crippen molar-refractivity contribution in [2.75, 3.05) is 5.75 Å². The van der Waals surface area contributed by atoms with Crippen molar-refractivity contribution in [3.63, 3.8) is 0 Å². The monoisotopic (exact) mass is 402 g/mol. The van der Waals surface area contributed by atoms with Crippen LogP contribution in [0.15, 0.2) is 53.4 Å². The normalized spacial score (nSPS) is 13.0. The molecule has 0 radical (unpaired) electrons. The Morgan fingerprint density at radius 2 is 1.57 bits per heavy atom. The van der Waals surface area contributed by atoms with Gasteiger partial charge in [-0.2, -0.15) is 0 Å². The molecule has 28 heavy (non-hydrogen) atoms. The zero-order valence-electron chi connectivity index (χ0n) is 16.9. The van der Waals surface area contributed by atoms with Crippen molar-refractivity contribution in [2.24, 2.45) is 0 Å². The van der Waals surface area contributed by atoms with Crippen LogP contribution in [0.25, 0.3) is 0 Å². The van der Waals surface area contributed by atoms with E-state index in [-0.39, 0.29) is 27.4 Å². The molecule has 0 aliphatic heterocycles. The molecule has 0 heterocycles. The van der Waals surface area contributed by atoms with Gasteiger partial charge in [0.25, 0.3) is 0 Å². The fourth-order valence-corrected chi connectivity index (χ4v) is 3.79. The average molecular weight is 403 g/mol. The van der Waals surface area contributed by atoms with Gasteiger partial charge in [-0.1, -0.05) is 64.1 Å². The minimum atomic E-state index is -3.59. The van der Waals surface area contributed by atoms with Crippen molar-refractivity contribution in [1.82, 2.24) is 0 Å². The Morgan fingerprint density at radius 1 is 1.00 bits per heavy atom. The van der Waals surface area contributed by atoms with Crippen LogP contribution in [0.1, 0.15) is 60.9 Å². The smallest absolute Gasteiger partial charge is 0.340 e. The molecule has 0 bridgehead atoms. The second-order valence-corrected chi connectivity index (χ2v) is 9.89. The number of rotatable bonds is 6. The lowest BCUT2D eigenvalue weighted by atomic mass is 9.86. The summed E-state index contributed by atoms with van der Waals surface area (Å²) in [6.07, 6.45) is -1.04. The first kappa shape index (κ1) is 21.8. The van der Waals surface area contributed by atoms with Crippen molar-refractivity contribution in [1.29, 1.82) is 0 Å². The highest BCUT2D eigenvalue weighted by molar-refractivity contribution is 7.91. The van der Waals surface area contributed by atoms with Crippen LogP contribution in [-0.2, 0) is 20.0 Å². The first-order chi connectivity index (χ1) is 13.0. The first-order valence-electron chi connectivity index (χ1n) is 9.15. The molecule has 0 aromatic heterocycles. The van der Waals surface area contributed by atoms with E-state index in [4.69, 9.17) is 4.74 Å². The topological polar surface area (TPSA) is 77.5 Å². The molecule has 0 saturated heterocycles. The van der Waals surface area contributed by atoms with Crippen LogP contribution < -0.4 is 0 Å². The number of benzene rings is 2. The summed E-state index contributed by atoms with van der Waals surface area (Å²) in [4.78, 5) is 25.0. The third kappa shape index (κ3) is 4.87. The highest BCUT2D eigenvalue weighted by Crippen LogP contribution is 2.23. The minimum absolute atomic E-state index is 0.0336. The SMILES string of the molecule is CCS(=O)(=O)c1ccccc1C(=O)O[C@@H](C)C(=O)c1ccc(C(C)(C)C)cc1. The molecule has 0 N–H and O–H groups in total. The molecule has 0 amide bonds. The highest BCUT2D eigenvalue weighted by atomic mass is 32.2. The van der Waals surface area contributed by atoms with E-state index in [9.17, 15) is 18.0 Å². The summed E-state index contributed by atoms with van der Waals surface area (Å²) in [6, 6.07) is 13.0.